The van der Waals surface area contributed by atoms with E-state index in [4.69, 9.17) is 0 Å². The van der Waals surface area contributed by atoms with E-state index >= 15 is 0 Å². The summed E-state index contributed by atoms with van der Waals surface area (Å²) >= 11 is 0. The van der Waals surface area contributed by atoms with Crippen molar-refractivity contribution in [1.29, 1.82) is 0 Å². The number of anilines is 1. The van der Waals surface area contributed by atoms with Crippen LogP contribution in [0.2, 0.25) is 0 Å². The van der Waals surface area contributed by atoms with Gasteiger partial charge in [0.15, 0.2) is 5.96 Å². The Bertz CT molecular complexity index is 709. The van der Waals surface area contributed by atoms with E-state index in [0.29, 0.717) is 6.54 Å². The Morgan fingerprint density at radius 1 is 1.21 bits per heavy atom. The van der Waals surface area contributed by atoms with Gasteiger partial charge < -0.3 is 20.0 Å². The molecule has 28 heavy (non-hydrogen) atoms. The topological polar surface area (TPSA) is 51.2 Å². The molecule has 1 N–H and O–H groups in total. The maximum Gasteiger partial charge on any atom is 0.243 e. The Balaban J connectivity index is 0.00000392. The van der Waals surface area contributed by atoms with E-state index in [0.717, 1.165) is 37.7 Å². The van der Waals surface area contributed by atoms with Gasteiger partial charge in [0, 0.05) is 52.5 Å². The van der Waals surface area contributed by atoms with Crippen molar-refractivity contribution < 1.29 is 4.79 Å². The van der Waals surface area contributed by atoms with Gasteiger partial charge in [0.05, 0.1) is 0 Å². The molecule has 2 rings (SSSR count). The lowest BCUT2D eigenvalue weighted by molar-refractivity contribution is -0.127. The second kappa shape index (κ2) is 11.3. The summed E-state index contributed by atoms with van der Waals surface area (Å²) in [6.07, 6.45) is 0. The monoisotopic (exact) mass is 499 g/mol. The molecule has 1 fully saturated rings. The van der Waals surface area contributed by atoms with Crippen LogP contribution in [0.3, 0.4) is 0 Å². The van der Waals surface area contributed by atoms with E-state index in [1.54, 1.807) is 19.0 Å². The summed E-state index contributed by atoms with van der Waals surface area (Å²) in [5.41, 5.74) is 5.01. The molecule has 0 radical (unpaired) electrons. The molecule has 1 heterocycles. The van der Waals surface area contributed by atoms with Crippen molar-refractivity contribution in [2.75, 3.05) is 58.3 Å². The maximum atomic E-state index is 11.9. The number of nitrogens with one attached hydrogen (secondary N) is 1. The molecule has 1 aromatic rings. The van der Waals surface area contributed by atoms with Crippen LogP contribution in [-0.2, 0) is 4.79 Å². The molecule has 0 unspecified atom stereocenters. The summed E-state index contributed by atoms with van der Waals surface area (Å²) in [5.74, 6) is 0.785. The minimum absolute atomic E-state index is 0. The number of hydrogen-bond donors (Lipinski definition) is 1. The quantitative estimate of drug-likeness (QED) is 0.293. The van der Waals surface area contributed by atoms with E-state index in [-0.39, 0.29) is 36.4 Å². The van der Waals surface area contributed by atoms with Gasteiger partial charge in [-0.25, -0.2) is 4.99 Å². The van der Waals surface area contributed by atoms with Gasteiger partial charge in [0.2, 0.25) is 5.91 Å². The zero-order valence-corrected chi connectivity index (χ0v) is 20.1. The summed E-state index contributed by atoms with van der Waals surface area (Å²) in [6, 6.07) is 6.48. The van der Waals surface area contributed by atoms with Crippen LogP contribution >= 0.6 is 24.0 Å². The second-order valence-electron chi connectivity index (χ2n) is 7.43. The number of aliphatic imine (C=N–C) groups is 1. The van der Waals surface area contributed by atoms with Crippen LogP contribution in [0.25, 0.3) is 0 Å². The molecule has 6 nitrogen and oxygen atoms in total. The lowest BCUT2D eigenvalue weighted by atomic mass is 10.1. The minimum atomic E-state index is -0.00125. The van der Waals surface area contributed by atoms with Crippen molar-refractivity contribution in [2.45, 2.75) is 20.8 Å². The summed E-state index contributed by atoms with van der Waals surface area (Å²) in [7, 11) is 3.50. The zero-order valence-electron chi connectivity index (χ0n) is 17.8. The number of benzene rings is 1. The fourth-order valence-corrected chi connectivity index (χ4v) is 3.02. The average molecular weight is 499 g/mol. The van der Waals surface area contributed by atoms with Gasteiger partial charge in [0.1, 0.15) is 6.54 Å². The number of piperazine rings is 1. The van der Waals surface area contributed by atoms with Crippen molar-refractivity contribution in [3.8, 4) is 0 Å². The van der Waals surface area contributed by atoms with Crippen molar-refractivity contribution in [3.63, 3.8) is 0 Å². The summed E-state index contributed by atoms with van der Waals surface area (Å²) < 4.78 is 0. The van der Waals surface area contributed by atoms with Gasteiger partial charge in [-0.3, -0.25) is 4.79 Å². The highest BCUT2D eigenvalue weighted by molar-refractivity contribution is 14.0. The van der Waals surface area contributed by atoms with Crippen LogP contribution in [0, 0.1) is 13.8 Å². The standard InChI is InChI=1S/C21H33N5O.HI/c1-16(2)14-22-21(23-15-20(27)24(5)6)26-12-10-25(11-13-26)19-9-7-8-17(3)18(19)4;/h7-9H,1,10-15H2,2-6H3,(H,22,23);1H. The summed E-state index contributed by atoms with van der Waals surface area (Å²) in [6.45, 7) is 14.7. The fourth-order valence-electron chi connectivity index (χ4n) is 3.02. The van der Waals surface area contributed by atoms with Gasteiger partial charge in [-0.15, -0.1) is 24.0 Å². The number of amides is 1. The van der Waals surface area contributed by atoms with Gasteiger partial charge >= 0.3 is 0 Å². The van der Waals surface area contributed by atoms with Crippen LogP contribution in [0.1, 0.15) is 18.1 Å². The number of rotatable bonds is 5. The van der Waals surface area contributed by atoms with Crippen LogP contribution in [-0.4, -0.2) is 75.0 Å². The highest BCUT2D eigenvalue weighted by Crippen LogP contribution is 2.23. The first-order chi connectivity index (χ1) is 12.8. The second-order valence-corrected chi connectivity index (χ2v) is 7.43. The van der Waals surface area contributed by atoms with Crippen molar-refractivity contribution >= 4 is 41.5 Å². The molecular weight excluding hydrogens is 465 g/mol. The molecule has 0 atom stereocenters. The van der Waals surface area contributed by atoms with E-state index in [1.165, 1.54) is 16.8 Å². The Morgan fingerprint density at radius 2 is 1.86 bits per heavy atom. The molecule has 0 saturated carbocycles. The first kappa shape index (κ1) is 24.3. The number of hydrogen-bond acceptors (Lipinski definition) is 3. The Morgan fingerprint density at radius 3 is 2.43 bits per heavy atom. The normalized spacial score (nSPS) is 14.4. The van der Waals surface area contributed by atoms with Gasteiger partial charge in [0.25, 0.3) is 0 Å². The largest absolute Gasteiger partial charge is 0.368 e. The summed E-state index contributed by atoms with van der Waals surface area (Å²) in [4.78, 5) is 22.7. The van der Waals surface area contributed by atoms with Crippen LogP contribution in [0.4, 0.5) is 5.69 Å². The lowest BCUT2D eigenvalue weighted by Crippen LogP contribution is -2.53. The molecule has 0 spiro atoms. The number of halogens is 1. The van der Waals surface area contributed by atoms with E-state index in [2.05, 4.69) is 58.7 Å². The zero-order chi connectivity index (χ0) is 20.0. The third kappa shape index (κ3) is 6.68. The minimum Gasteiger partial charge on any atom is -0.368 e. The summed E-state index contributed by atoms with van der Waals surface area (Å²) in [5, 5.41) is 3.35. The number of carbonyl (C=O) groups excluding carboxylic acids is 1. The van der Waals surface area contributed by atoms with E-state index < -0.39 is 0 Å². The first-order valence-corrected chi connectivity index (χ1v) is 9.48. The van der Waals surface area contributed by atoms with E-state index in [1.807, 2.05) is 6.92 Å². The Kier molecular flexibility index (Phi) is 9.78. The van der Waals surface area contributed by atoms with Crippen molar-refractivity contribution in [2.24, 2.45) is 4.99 Å². The molecular formula is C21H34IN5O. The fraction of sp³-hybridized carbons (Fsp3) is 0.524. The number of guanidine groups is 1. The van der Waals surface area contributed by atoms with Crippen molar-refractivity contribution in [3.05, 3.63) is 41.5 Å². The van der Waals surface area contributed by atoms with Gasteiger partial charge in [-0.1, -0.05) is 24.3 Å². The molecule has 0 bridgehead atoms. The lowest BCUT2D eigenvalue weighted by Gasteiger charge is -2.38. The van der Waals surface area contributed by atoms with Gasteiger partial charge in [-0.05, 0) is 38.0 Å². The number of likely N-dealkylation sites (N-methyl/N-ethyl adjacent to an activating group) is 1. The molecule has 1 amide bonds. The molecule has 1 aliphatic heterocycles. The Hall–Kier alpha value is -1.77. The van der Waals surface area contributed by atoms with Crippen LogP contribution < -0.4 is 10.2 Å². The van der Waals surface area contributed by atoms with E-state index in [9.17, 15) is 4.79 Å². The highest BCUT2D eigenvalue weighted by Gasteiger charge is 2.21. The first-order valence-electron chi connectivity index (χ1n) is 9.48. The third-order valence-electron chi connectivity index (χ3n) is 4.91. The Labute approximate surface area is 186 Å². The molecule has 156 valence electrons. The predicted octanol–water partition coefficient (Wildman–Crippen LogP) is 2.65. The maximum absolute atomic E-state index is 11.9. The van der Waals surface area contributed by atoms with Gasteiger partial charge in [-0.2, -0.15) is 0 Å². The molecule has 1 aromatic carbocycles. The van der Waals surface area contributed by atoms with Crippen molar-refractivity contribution in [1.82, 2.24) is 15.1 Å². The van der Waals surface area contributed by atoms with Crippen LogP contribution in [0.15, 0.2) is 35.3 Å². The molecule has 7 heteroatoms. The molecule has 1 saturated heterocycles. The molecule has 1 aliphatic rings. The predicted molar refractivity (Wildman–Crippen MR) is 129 cm³/mol. The molecule has 0 aromatic heterocycles. The smallest absolute Gasteiger partial charge is 0.243 e. The highest BCUT2D eigenvalue weighted by atomic mass is 127. The number of aryl methyl sites for hydroxylation is 1. The number of carbonyl (C=O) groups is 1. The molecule has 0 aliphatic carbocycles. The SMILES string of the molecule is C=C(C)CNC(=NCC(=O)N(C)C)N1CCN(c2cccc(C)c2C)CC1.I. The van der Waals surface area contributed by atoms with Crippen LogP contribution in [0.5, 0.6) is 0 Å². The third-order valence-corrected chi connectivity index (χ3v) is 4.91. The average Bonchev–Trinajstić information content (AvgIpc) is 2.64. The number of nitrogens with zero attached hydrogens (tertiary/aromatic N) is 4.